The second kappa shape index (κ2) is 4.94. The molecule has 0 spiro atoms. The van der Waals surface area contributed by atoms with Crippen LogP contribution >= 0.6 is 0 Å². The quantitative estimate of drug-likeness (QED) is 0.816. The Balaban J connectivity index is 1.97. The molecule has 0 amide bonds. The van der Waals surface area contributed by atoms with E-state index in [4.69, 9.17) is 5.11 Å². The fraction of sp³-hybridized carbons (Fsp3) is 0.909. The van der Waals surface area contributed by atoms with Gasteiger partial charge in [-0.2, -0.15) is 0 Å². The molecule has 1 aliphatic heterocycles. The maximum atomic E-state index is 12.1. The van der Waals surface area contributed by atoms with Crippen LogP contribution < -0.4 is 0 Å². The number of rotatable bonds is 4. The van der Waals surface area contributed by atoms with Crippen LogP contribution in [0, 0.1) is 11.8 Å². The zero-order chi connectivity index (χ0) is 12.5. The van der Waals surface area contributed by atoms with Crippen molar-refractivity contribution in [3.63, 3.8) is 0 Å². The normalized spacial score (nSPS) is 27.6. The van der Waals surface area contributed by atoms with Crippen LogP contribution in [0.4, 0.5) is 0 Å². The van der Waals surface area contributed by atoms with Crippen molar-refractivity contribution >= 4 is 16.0 Å². The fourth-order valence-corrected chi connectivity index (χ4v) is 4.41. The smallest absolute Gasteiger partial charge is 0.307 e. The molecular formula is C11H19NO4S. The van der Waals surface area contributed by atoms with E-state index in [0.717, 1.165) is 19.3 Å². The van der Waals surface area contributed by atoms with Gasteiger partial charge in [-0.15, -0.1) is 0 Å². The number of piperidine rings is 1. The lowest BCUT2D eigenvalue weighted by atomic mass is 9.87. The van der Waals surface area contributed by atoms with Gasteiger partial charge >= 0.3 is 5.97 Å². The molecule has 2 rings (SSSR count). The standard InChI is InChI=1S/C11H19NO4S/c13-11(14)10-5-2-6-12(7-10)17(15,16)8-9-3-1-4-9/h9-10H,1-8H2,(H,13,14). The van der Waals surface area contributed by atoms with Gasteiger partial charge in [0.1, 0.15) is 0 Å². The lowest BCUT2D eigenvalue weighted by molar-refractivity contribution is -0.142. The Kier molecular flexibility index (Phi) is 3.73. The third-order valence-corrected chi connectivity index (χ3v) is 5.81. The van der Waals surface area contributed by atoms with E-state index in [0.29, 0.717) is 25.3 Å². The summed E-state index contributed by atoms with van der Waals surface area (Å²) in [5.74, 6) is -0.905. The van der Waals surface area contributed by atoms with Crippen LogP contribution in [0.15, 0.2) is 0 Å². The maximum Gasteiger partial charge on any atom is 0.307 e. The first-order valence-corrected chi connectivity index (χ1v) is 7.80. The molecular weight excluding hydrogens is 242 g/mol. The van der Waals surface area contributed by atoms with Gasteiger partial charge in [0.25, 0.3) is 0 Å². The topological polar surface area (TPSA) is 74.7 Å². The highest BCUT2D eigenvalue weighted by molar-refractivity contribution is 7.89. The molecule has 1 saturated heterocycles. The summed E-state index contributed by atoms with van der Waals surface area (Å²) < 4.78 is 25.6. The van der Waals surface area contributed by atoms with Crippen molar-refractivity contribution in [3.05, 3.63) is 0 Å². The molecule has 2 aliphatic rings. The molecule has 1 heterocycles. The van der Waals surface area contributed by atoms with E-state index in [1.165, 1.54) is 4.31 Å². The number of aliphatic carboxylic acids is 1. The van der Waals surface area contributed by atoms with Crippen molar-refractivity contribution in [2.24, 2.45) is 11.8 Å². The van der Waals surface area contributed by atoms with Crippen LogP contribution in [0.5, 0.6) is 0 Å². The van der Waals surface area contributed by atoms with Crippen molar-refractivity contribution in [1.82, 2.24) is 4.31 Å². The molecule has 0 radical (unpaired) electrons. The summed E-state index contributed by atoms with van der Waals surface area (Å²) in [6.45, 7) is 0.642. The van der Waals surface area contributed by atoms with Crippen LogP contribution in [-0.2, 0) is 14.8 Å². The second-order valence-corrected chi connectivity index (χ2v) is 7.12. The van der Waals surface area contributed by atoms with Crippen molar-refractivity contribution in [3.8, 4) is 0 Å². The highest BCUT2D eigenvalue weighted by atomic mass is 32.2. The minimum absolute atomic E-state index is 0.157. The molecule has 0 bridgehead atoms. The van der Waals surface area contributed by atoms with E-state index in [-0.39, 0.29) is 12.3 Å². The zero-order valence-electron chi connectivity index (χ0n) is 9.84. The molecule has 1 unspecified atom stereocenters. The van der Waals surface area contributed by atoms with Gasteiger partial charge in [0.15, 0.2) is 0 Å². The van der Waals surface area contributed by atoms with E-state index in [2.05, 4.69) is 0 Å². The molecule has 1 aliphatic carbocycles. The molecule has 6 heteroatoms. The summed E-state index contributed by atoms with van der Waals surface area (Å²) in [7, 11) is -3.24. The van der Waals surface area contributed by atoms with Crippen molar-refractivity contribution < 1.29 is 18.3 Å². The molecule has 0 aromatic carbocycles. The Labute approximate surface area is 102 Å². The molecule has 0 aromatic heterocycles. The Morgan fingerprint density at radius 3 is 2.47 bits per heavy atom. The van der Waals surface area contributed by atoms with Gasteiger partial charge < -0.3 is 5.11 Å². The third kappa shape index (κ3) is 2.98. The predicted octanol–water partition coefficient (Wildman–Crippen LogP) is 0.913. The number of carboxylic acid groups (broad SMARTS) is 1. The Bertz CT molecular complexity index is 388. The highest BCUT2D eigenvalue weighted by Crippen LogP contribution is 2.29. The summed E-state index contributed by atoms with van der Waals surface area (Å²) >= 11 is 0. The summed E-state index contributed by atoms with van der Waals surface area (Å²) in [5.41, 5.74) is 0. The molecule has 1 N–H and O–H groups in total. The highest BCUT2D eigenvalue weighted by Gasteiger charge is 2.34. The minimum atomic E-state index is -3.24. The molecule has 17 heavy (non-hydrogen) atoms. The summed E-state index contributed by atoms with van der Waals surface area (Å²) in [6.07, 6.45) is 4.36. The van der Waals surface area contributed by atoms with Crippen LogP contribution in [0.2, 0.25) is 0 Å². The predicted molar refractivity (Wildman–Crippen MR) is 63.1 cm³/mol. The van der Waals surface area contributed by atoms with Crippen LogP contribution in [-0.4, -0.2) is 42.6 Å². The number of carbonyl (C=O) groups is 1. The number of hydrogen-bond acceptors (Lipinski definition) is 3. The molecule has 2 fully saturated rings. The first-order valence-electron chi connectivity index (χ1n) is 6.19. The summed E-state index contributed by atoms with van der Waals surface area (Å²) in [5, 5.41) is 8.94. The van der Waals surface area contributed by atoms with Crippen LogP contribution in [0.25, 0.3) is 0 Å². The van der Waals surface area contributed by atoms with Crippen molar-refractivity contribution in [2.45, 2.75) is 32.1 Å². The first-order chi connectivity index (χ1) is 7.99. The van der Waals surface area contributed by atoms with E-state index in [1.807, 2.05) is 0 Å². The second-order valence-electron chi connectivity index (χ2n) is 5.11. The van der Waals surface area contributed by atoms with E-state index < -0.39 is 21.9 Å². The van der Waals surface area contributed by atoms with E-state index in [1.54, 1.807) is 0 Å². The number of sulfonamides is 1. The third-order valence-electron chi connectivity index (χ3n) is 3.80. The monoisotopic (exact) mass is 261 g/mol. The average Bonchev–Trinajstić information content (AvgIpc) is 2.24. The van der Waals surface area contributed by atoms with Gasteiger partial charge in [0.2, 0.25) is 10.0 Å². The molecule has 1 saturated carbocycles. The first kappa shape index (κ1) is 12.8. The molecule has 0 aromatic rings. The lowest BCUT2D eigenvalue weighted by Gasteiger charge is -2.33. The number of carboxylic acids is 1. The number of nitrogens with zero attached hydrogens (tertiary/aromatic N) is 1. The maximum absolute atomic E-state index is 12.1. The molecule has 5 nitrogen and oxygen atoms in total. The van der Waals surface area contributed by atoms with Gasteiger partial charge in [-0.3, -0.25) is 4.79 Å². The Morgan fingerprint density at radius 1 is 1.24 bits per heavy atom. The molecule has 1 atom stereocenters. The van der Waals surface area contributed by atoms with Gasteiger partial charge in [0.05, 0.1) is 11.7 Å². The summed E-state index contributed by atoms with van der Waals surface area (Å²) in [4.78, 5) is 10.9. The van der Waals surface area contributed by atoms with E-state index >= 15 is 0 Å². The van der Waals surface area contributed by atoms with Crippen molar-refractivity contribution in [2.75, 3.05) is 18.8 Å². The van der Waals surface area contributed by atoms with Gasteiger partial charge in [-0.1, -0.05) is 6.42 Å². The Morgan fingerprint density at radius 2 is 1.94 bits per heavy atom. The summed E-state index contributed by atoms with van der Waals surface area (Å²) in [6, 6.07) is 0. The van der Waals surface area contributed by atoms with E-state index in [9.17, 15) is 13.2 Å². The fourth-order valence-electron chi connectivity index (χ4n) is 2.46. The SMILES string of the molecule is O=C(O)C1CCCN(S(=O)(=O)CC2CCC2)C1. The van der Waals surface area contributed by atoms with Gasteiger partial charge in [-0.05, 0) is 31.6 Å². The van der Waals surface area contributed by atoms with Crippen molar-refractivity contribution in [1.29, 1.82) is 0 Å². The Hall–Kier alpha value is -0.620. The minimum Gasteiger partial charge on any atom is -0.481 e. The molecule has 98 valence electrons. The average molecular weight is 261 g/mol. The lowest BCUT2D eigenvalue weighted by Crippen LogP contribution is -2.44. The van der Waals surface area contributed by atoms with Crippen LogP contribution in [0.1, 0.15) is 32.1 Å². The van der Waals surface area contributed by atoms with Gasteiger partial charge in [-0.25, -0.2) is 12.7 Å². The largest absolute Gasteiger partial charge is 0.481 e. The zero-order valence-corrected chi connectivity index (χ0v) is 10.7. The van der Waals surface area contributed by atoms with Crippen LogP contribution in [0.3, 0.4) is 0 Å². The number of hydrogen-bond donors (Lipinski definition) is 1. The van der Waals surface area contributed by atoms with Gasteiger partial charge in [0, 0.05) is 13.1 Å².